The zero-order valence-electron chi connectivity index (χ0n) is 6.11. The van der Waals surface area contributed by atoms with Crippen molar-refractivity contribution in [2.75, 3.05) is 0 Å². The first kappa shape index (κ1) is 8.34. The maximum absolute atomic E-state index is 12.3. The third-order valence-corrected chi connectivity index (χ3v) is 0.703. The van der Waals surface area contributed by atoms with Crippen LogP contribution in [-0.2, 0) is 0 Å². The highest BCUT2D eigenvalue weighted by atomic mass is 19.1. The molecule has 0 unspecified atom stereocenters. The van der Waals surface area contributed by atoms with Gasteiger partial charge in [-0.15, -0.1) is 0 Å². The van der Waals surface area contributed by atoms with E-state index in [4.69, 9.17) is 0 Å². The van der Waals surface area contributed by atoms with Crippen molar-refractivity contribution in [2.45, 2.75) is 27.2 Å². The first-order valence-corrected chi connectivity index (χ1v) is 3.04. The number of hydrogen-bond donors (Lipinski definition) is 0. The molecule has 9 heavy (non-hydrogen) atoms. The second-order valence-electron chi connectivity index (χ2n) is 1.99. The Balaban J connectivity index is 3.90. The molecule has 0 aliphatic heterocycles. The lowest BCUT2D eigenvalue weighted by Crippen LogP contribution is -1.79. The van der Waals surface area contributed by atoms with Crippen LogP contribution in [-0.4, -0.2) is 5.71 Å². The molecule has 0 rings (SSSR count). The van der Waals surface area contributed by atoms with E-state index in [9.17, 15) is 4.39 Å². The van der Waals surface area contributed by atoms with Crippen LogP contribution in [0, 0.1) is 0 Å². The highest BCUT2D eigenvalue weighted by Gasteiger charge is 1.85. The van der Waals surface area contributed by atoms with Crippen molar-refractivity contribution in [3.8, 4) is 0 Å². The van der Waals surface area contributed by atoms with Crippen LogP contribution < -0.4 is 0 Å². The number of hydrogen-bond acceptors (Lipinski definition) is 1. The summed E-state index contributed by atoms with van der Waals surface area (Å²) in [7, 11) is 0. The van der Waals surface area contributed by atoms with Crippen LogP contribution in [0.3, 0.4) is 0 Å². The topological polar surface area (TPSA) is 12.4 Å². The molecule has 0 aromatic rings. The fourth-order valence-corrected chi connectivity index (χ4v) is 0.428. The molecular formula is C7H12FN. The minimum atomic E-state index is -0.377. The van der Waals surface area contributed by atoms with Gasteiger partial charge in [-0.25, -0.2) is 4.99 Å². The molecule has 0 saturated carbocycles. The van der Waals surface area contributed by atoms with Crippen LogP contribution >= 0.6 is 0 Å². The number of allylic oxidation sites excluding steroid dienone is 1. The van der Waals surface area contributed by atoms with E-state index in [2.05, 4.69) is 4.99 Å². The second kappa shape index (κ2) is 4.24. The third-order valence-electron chi connectivity index (χ3n) is 0.703. The number of nitrogens with zero attached hydrogens (tertiary/aromatic N) is 1. The fourth-order valence-electron chi connectivity index (χ4n) is 0.428. The summed E-state index contributed by atoms with van der Waals surface area (Å²) in [4.78, 5) is 3.58. The lowest BCUT2D eigenvalue weighted by Gasteiger charge is -1.86. The number of rotatable bonds is 2. The van der Waals surface area contributed by atoms with Gasteiger partial charge in [0.2, 0.25) is 5.95 Å². The summed E-state index contributed by atoms with van der Waals surface area (Å²) in [6.07, 6.45) is 2.15. The Morgan fingerprint density at radius 1 is 1.56 bits per heavy atom. The predicted molar refractivity (Wildman–Crippen MR) is 38.3 cm³/mol. The molecule has 0 saturated heterocycles. The standard InChI is InChI=1S/C7H12FN/c1-4-5-7(8)9-6(2)3/h5H,4H2,1-3H3/b7-5-. The van der Waals surface area contributed by atoms with E-state index in [0.717, 1.165) is 5.71 Å². The zero-order valence-corrected chi connectivity index (χ0v) is 6.11. The van der Waals surface area contributed by atoms with Gasteiger partial charge in [-0.05, 0) is 26.3 Å². The number of aliphatic imine (C=N–C) groups is 1. The Labute approximate surface area is 55.3 Å². The van der Waals surface area contributed by atoms with E-state index >= 15 is 0 Å². The lowest BCUT2D eigenvalue weighted by atomic mass is 10.4. The van der Waals surface area contributed by atoms with E-state index in [0.29, 0.717) is 6.42 Å². The van der Waals surface area contributed by atoms with E-state index < -0.39 is 0 Å². The Bertz CT molecular complexity index is 132. The van der Waals surface area contributed by atoms with E-state index in [-0.39, 0.29) is 5.95 Å². The SMILES string of the molecule is CC/C=C(/F)N=C(C)C. The van der Waals surface area contributed by atoms with Gasteiger partial charge in [0.15, 0.2) is 0 Å². The Morgan fingerprint density at radius 2 is 2.11 bits per heavy atom. The summed E-state index contributed by atoms with van der Waals surface area (Å²) in [6, 6.07) is 0. The molecule has 2 heteroatoms. The van der Waals surface area contributed by atoms with Crippen molar-refractivity contribution in [1.82, 2.24) is 0 Å². The molecule has 0 aliphatic rings. The van der Waals surface area contributed by atoms with E-state index in [1.165, 1.54) is 6.08 Å². The third kappa shape index (κ3) is 5.21. The van der Waals surface area contributed by atoms with Crippen molar-refractivity contribution in [2.24, 2.45) is 4.99 Å². The van der Waals surface area contributed by atoms with Gasteiger partial charge in [-0.1, -0.05) is 6.92 Å². The van der Waals surface area contributed by atoms with Gasteiger partial charge < -0.3 is 0 Å². The molecule has 0 atom stereocenters. The minimum absolute atomic E-state index is 0.377. The normalized spacial score (nSPS) is 11.3. The maximum Gasteiger partial charge on any atom is 0.208 e. The molecule has 0 spiro atoms. The summed E-state index contributed by atoms with van der Waals surface area (Å²) < 4.78 is 12.3. The molecule has 0 amide bonds. The van der Waals surface area contributed by atoms with E-state index in [1.807, 2.05) is 6.92 Å². The minimum Gasteiger partial charge on any atom is -0.230 e. The van der Waals surface area contributed by atoms with Gasteiger partial charge in [0.05, 0.1) is 0 Å². The average Bonchev–Trinajstić information content (AvgIpc) is 1.63. The largest absolute Gasteiger partial charge is 0.230 e. The first-order chi connectivity index (χ1) is 4.16. The summed E-state index contributed by atoms with van der Waals surface area (Å²) in [5.74, 6) is -0.377. The molecule has 0 aliphatic carbocycles. The molecule has 0 bridgehead atoms. The van der Waals surface area contributed by atoms with Gasteiger partial charge in [0.1, 0.15) is 0 Å². The summed E-state index contributed by atoms with van der Waals surface area (Å²) in [5.41, 5.74) is 0.747. The molecule has 0 fully saturated rings. The predicted octanol–water partition coefficient (Wildman–Crippen LogP) is 2.69. The van der Waals surface area contributed by atoms with Gasteiger partial charge >= 0.3 is 0 Å². The van der Waals surface area contributed by atoms with Crippen molar-refractivity contribution in [1.29, 1.82) is 0 Å². The van der Waals surface area contributed by atoms with Gasteiger partial charge in [0, 0.05) is 5.71 Å². The van der Waals surface area contributed by atoms with Gasteiger partial charge in [-0.2, -0.15) is 4.39 Å². The molecule has 1 nitrogen and oxygen atoms in total. The molecule has 0 N–H and O–H groups in total. The average molecular weight is 129 g/mol. The molecule has 52 valence electrons. The Hall–Kier alpha value is -0.660. The van der Waals surface area contributed by atoms with Crippen LogP contribution in [0.25, 0.3) is 0 Å². The highest BCUT2D eigenvalue weighted by Crippen LogP contribution is 1.99. The quantitative estimate of drug-likeness (QED) is 0.401. The summed E-state index contributed by atoms with van der Waals surface area (Å²) in [6.45, 7) is 5.41. The summed E-state index contributed by atoms with van der Waals surface area (Å²) in [5, 5.41) is 0. The molecule has 0 heterocycles. The van der Waals surface area contributed by atoms with Crippen LogP contribution in [0.15, 0.2) is 17.0 Å². The Kier molecular flexibility index (Phi) is 3.93. The highest BCUT2D eigenvalue weighted by molar-refractivity contribution is 5.79. The van der Waals surface area contributed by atoms with Crippen LogP contribution in [0.4, 0.5) is 4.39 Å². The monoisotopic (exact) mass is 129 g/mol. The van der Waals surface area contributed by atoms with Crippen molar-refractivity contribution in [3.63, 3.8) is 0 Å². The van der Waals surface area contributed by atoms with Crippen molar-refractivity contribution in [3.05, 3.63) is 12.0 Å². The van der Waals surface area contributed by atoms with Crippen LogP contribution in [0.1, 0.15) is 27.2 Å². The zero-order chi connectivity index (χ0) is 7.28. The lowest BCUT2D eigenvalue weighted by molar-refractivity contribution is 0.622. The van der Waals surface area contributed by atoms with Crippen molar-refractivity contribution >= 4 is 5.71 Å². The second-order valence-corrected chi connectivity index (χ2v) is 1.99. The summed E-state index contributed by atoms with van der Waals surface area (Å²) >= 11 is 0. The van der Waals surface area contributed by atoms with Crippen LogP contribution in [0.2, 0.25) is 0 Å². The Morgan fingerprint density at radius 3 is 2.44 bits per heavy atom. The van der Waals surface area contributed by atoms with E-state index in [1.54, 1.807) is 13.8 Å². The molecule has 0 aromatic heterocycles. The smallest absolute Gasteiger partial charge is 0.208 e. The molecule has 0 aromatic carbocycles. The maximum atomic E-state index is 12.3. The number of halogens is 1. The van der Waals surface area contributed by atoms with Crippen LogP contribution in [0.5, 0.6) is 0 Å². The molecular weight excluding hydrogens is 117 g/mol. The fraction of sp³-hybridized carbons (Fsp3) is 0.571. The first-order valence-electron chi connectivity index (χ1n) is 3.04. The van der Waals surface area contributed by atoms with Crippen molar-refractivity contribution < 1.29 is 4.39 Å². The van der Waals surface area contributed by atoms with Gasteiger partial charge in [0.25, 0.3) is 0 Å². The molecule has 0 radical (unpaired) electrons. The van der Waals surface area contributed by atoms with Gasteiger partial charge in [-0.3, -0.25) is 0 Å².